The molecule has 0 atom stereocenters. The number of likely N-dealkylation sites (tertiary alicyclic amines) is 1. The minimum Gasteiger partial charge on any atom is -0.277 e. The van der Waals surface area contributed by atoms with E-state index in [1.807, 2.05) is 19.1 Å². The van der Waals surface area contributed by atoms with Crippen LogP contribution in [0.4, 0.5) is 0 Å². The monoisotopic (exact) mass is 301 g/mol. The second kappa shape index (κ2) is 4.67. The molecule has 0 bridgehead atoms. The largest absolute Gasteiger partial charge is 0.277 e. The van der Waals surface area contributed by atoms with E-state index < -0.39 is 0 Å². The van der Waals surface area contributed by atoms with Crippen LogP contribution in [0, 0.1) is 5.92 Å². The van der Waals surface area contributed by atoms with Gasteiger partial charge in [-0.1, -0.05) is 6.92 Å². The normalized spacial score (nSPS) is 18.2. The summed E-state index contributed by atoms with van der Waals surface area (Å²) in [5, 5.41) is 0. The highest BCUT2D eigenvalue weighted by Crippen LogP contribution is 2.26. The van der Waals surface area contributed by atoms with E-state index in [-0.39, 0.29) is 17.7 Å². The van der Waals surface area contributed by atoms with E-state index in [1.54, 1.807) is 11.3 Å². The van der Waals surface area contributed by atoms with Crippen molar-refractivity contribution in [2.24, 2.45) is 5.92 Å². The number of thiophene rings is 1. The Balaban J connectivity index is 2.09. The number of rotatable bonds is 2. The van der Waals surface area contributed by atoms with Crippen LogP contribution in [-0.2, 0) is 16.1 Å². The smallest absolute Gasteiger partial charge is 0.229 e. The summed E-state index contributed by atoms with van der Waals surface area (Å²) in [7, 11) is 0. The first-order valence-corrected chi connectivity index (χ1v) is 6.74. The van der Waals surface area contributed by atoms with Gasteiger partial charge < -0.3 is 0 Å². The van der Waals surface area contributed by atoms with Crippen molar-refractivity contribution >= 4 is 39.1 Å². The van der Waals surface area contributed by atoms with Crippen LogP contribution in [0.15, 0.2) is 15.9 Å². The molecule has 1 aliphatic heterocycles. The molecule has 1 fully saturated rings. The number of carbonyl (C=O) groups is 2. The zero-order valence-corrected chi connectivity index (χ0v) is 11.3. The summed E-state index contributed by atoms with van der Waals surface area (Å²) in [5.41, 5.74) is 0. The molecule has 0 aromatic carbocycles. The first-order valence-electron chi connectivity index (χ1n) is 5.13. The van der Waals surface area contributed by atoms with E-state index in [9.17, 15) is 9.59 Å². The maximum absolute atomic E-state index is 11.7. The van der Waals surface area contributed by atoms with Gasteiger partial charge in [0.05, 0.1) is 10.3 Å². The van der Waals surface area contributed by atoms with Crippen LogP contribution in [0.25, 0.3) is 0 Å². The lowest BCUT2D eigenvalue weighted by atomic mass is 9.98. The molecule has 3 nitrogen and oxygen atoms in total. The first kappa shape index (κ1) is 11.8. The number of piperidine rings is 1. The fourth-order valence-corrected chi connectivity index (χ4v) is 3.27. The SMILES string of the molecule is CC1CC(=O)N(Cc2ccc(Br)s2)C(=O)C1. The van der Waals surface area contributed by atoms with Crippen LogP contribution in [0.2, 0.25) is 0 Å². The molecule has 0 aliphatic carbocycles. The maximum atomic E-state index is 11.7. The molecule has 0 radical (unpaired) electrons. The van der Waals surface area contributed by atoms with E-state index in [2.05, 4.69) is 15.9 Å². The molecule has 2 heterocycles. The van der Waals surface area contributed by atoms with Gasteiger partial charge >= 0.3 is 0 Å². The molecule has 1 aromatic rings. The molecule has 0 saturated carbocycles. The molecule has 16 heavy (non-hydrogen) atoms. The van der Waals surface area contributed by atoms with Gasteiger partial charge in [-0.3, -0.25) is 14.5 Å². The number of nitrogens with zero attached hydrogens (tertiary/aromatic N) is 1. The number of hydrogen-bond acceptors (Lipinski definition) is 3. The molecule has 0 N–H and O–H groups in total. The van der Waals surface area contributed by atoms with Crippen molar-refractivity contribution in [1.82, 2.24) is 4.90 Å². The summed E-state index contributed by atoms with van der Waals surface area (Å²) in [4.78, 5) is 25.9. The molecular formula is C11H12BrNO2S. The molecule has 1 aromatic heterocycles. The molecule has 0 unspecified atom stereocenters. The van der Waals surface area contributed by atoms with E-state index in [4.69, 9.17) is 0 Å². The number of hydrogen-bond donors (Lipinski definition) is 0. The van der Waals surface area contributed by atoms with Crippen molar-refractivity contribution in [1.29, 1.82) is 0 Å². The standard InChI is InChI=1S/C11H12BrNO2S/c1-7-4-10(14)13(11(15)5-7)6-8-2-3-9(12)16-8/h2-3,7H,4-6H2,1H3. The van der Waals surface area contributed by atoms with Gasteiger partial charge in [0.2, 0.25) is 11.8 Å². The van der Waals surface area contributed by atoms with Crippen LogP contribution in [0.5, 0.6) is 0 Å². The van der Waals surface area contributed by atoms with Crippen LogP contribution >= 0.6 is 27.3 Å². The van der Waals surface area contributed by atoms with E-state index in [0.717, 1.165) is 8.66 Å². The Morgan fingerprint density at radius 2 is 2.00 bits per heavy atom. The average Bonchev–Trinajstić information content (AvgIpc) is 2.58. The van der Waals surface area contributed by atoms with E-state index in [0.29, 0.717) is 19.4 Å². The summed E-state index contributed by atoms with van der Waals surface area (Å²) in [6, 6.07) is 3.87. The molecule has 2 amide bonds. The molecule has 86 valence electrons. The molecular weight excluding hydrogens is 290 g/mol. The van der Waals surface area contributed by atoms with Gasteiger partial charge in [0, 0.05) is 17.7 Å². The maximum Gasteiger partial charge on any atom is 0.229 e. The van der Waals surface area contributed by atoms with Gasteiger partial charge in [-0.05, 0) is 34.0 Å². The number of amides is 2. The van der Waals surface area contributed by atoms with E-state index >= 15 is 0 Å². The van der Waals surface area contributed by atoms with Crippen LogP contribution in [0.1, 0.15) is 24.6 Å². The Bertz CT molecular complexity index is 411. The minimum atomic E-state index is -0.0479. The fraction of sp³-hybridized carbons (Fsp3) is 0.455. The highest BCUT2D eigenvalue weighted by molar-refractivity contribution is 9.11. The van der Waals surface area contributed by atoms with Crippen LogP contribution < -0.4 is 0 Å². The van der Waals surface area contributed by atoms with Crippen molar-refractivity contribution in [2.75, 3.05) is 0 Å². The van der Waals surface area contributed by atoms with Crippen molar-refractivity contribution in [3.63, 3.8) is 0 Å². The topological polar surface area (TPSA) is 37.4 Å². The third-order valence-electron chi connectivity index (χ3n) is 2.59. The summed E-state index contributed by atoms with van der Waals surface area (Å²) in [6.07, 6.45) is 0.969. The second-order valence-electron chi connectivity index (χ2n) is 4.09. The van der Waals surface area contributed by atoms with Gasteiger partial charge in [0.1, 0.15) is 0 Å². The quantitative estimate of drug-likeness (QED) is 0.788. The van der Waals surface area contributed by atoms with E-state index in [1.165, 1.54) is 4.90 Å². The van der Waals surface area contributed by atoms with Gasteiger partial charge in [-0.2, -0.15) is 0 Å². The Hall–Kier alpha value is -0.680. The van der Waals surface area contributed by atoms with Crippen molar-refractivity contribution in [2.45, 2.75) is 26.3 Å². The third kappa shape index (κ3) is 2.52. The predicted molar refractivity (Wildman–Crippen MR) is 66.0 cm³/mol. The minimum absolute atomic E-state index is 0.0479. The Morgan fingerprint density at radius 1 is 1.38 bits per heavy atom. The lowest BCUT2D eigenvalue weighted by molar-refractivity contribution is -0.150. The number of carbonyl (C=O) groups excluding carboxylic acids is 2. The lowest BCUT2D eigenvalue weighted by Gasteiger charge is -2.27. The Morgan fingerprint density at radius 3 is 2.50 bits per heavy atom. The number of imide groups is 1. The third-order valence-corrected chi connectivity index (χ3v) is 4.20. The first-order chi connectivity index (χ1) is 7.56. The average molecular weight is 302 g/mol. The van der Waals surface area contributed by atoms with Crippen LogP contribution in [-0.4, -0.2) is 16.7 Å². The molecule has 1 aliphatic rings. The number of halogens is 1. The Kier molecular flexibility index (Phi) is 3.44. The molecule has 0 spiro atoms. The van der Waals surface area contributed by atoms with Gasteiger partial charge in [0.25, 0.3) is 0 Å². The van der Waals surface area contributed by atoms with Gasteiger partial charge in [-0.25, -0.2) is 0 Å². The summed E-state index contributed by atoms with van der Waals surface area (Å²) < 4.78 is 1.02. The van der Waals surface area contributed by atoms with Crippen LogP contribution in [0.3, 0.4) is 0 Å². The molecule has 5 heteroatoms. The highest BCUT2D eigenvalue weighted by Gasteiger charge is 2.30. The van der Waals surface area contributed by atoms with Crippen molar-refractivity contribution in [3.8, 4) is 0 Å². The summed E-state index contributed by atoms with van der Waals surface area (Å²) >= 11 is 4.92. The highest BCUT2D eigenvalue weighted by atomic mass is 79.9. The second-order valence-corrected chi connectivity index (χ2v) is 6.64. The van der Waals surface area contributed by atoms with Gasteiger partial charge in [-0.15, -0.1) is 11.3 Å². The fourth-order valence-electron chi connectivity index (χ4n) is 1.80. The zero-order valence-electron chi connectivity index (χ0n) is 8.90. The lowest BCUT2D eigenvalue weighted by Crippen LogP contribution is -2.41. The molecule has 1 saturated heterocycles. The summed E-state index contributed by atoms with van der Waals surface area (Å²) in [6.45, 7) is 2.36. The Labute approximate surface area is 107 Å². The van der Waals surface area contributed by atoms with Crippen molar-refractivity contribution in [3.05, 3.63) is 20.8 Å². The predicted octanol–water partition coefficient (Wildman–Crippen LogP) is 2.80. The van der Waals surface area contributed by atoms with Crippen molar-refractivity contribution < 1.29 is 9.59 Å². The molecule has 2 rings (SSSR count). The summed E-state index contributed by atoms with van der Waals surface area (Å²) in [5.74, 6) is 0.0906. The van der Waals surface area contributed by atoms with Gasteiger partial charge in [0.15, 0.2) is 0 Å². The zero-order chi connectivity index (χ0) is 11.7.